The fourth-order valence-electron chi connectivity index (χ4n) is 3.82. The molecule has 0 N–H and O–H groups in total. The van der Waals surface area contributed by atoms with E-state index in [2.05, 4.69) is 41.9 Å². The molecule has 35 heavy (non-hydrogen) atoms. The van der Waals surface area contributed by atoms with Gasteiger partial charge >= 0.3 is 0 Å². The molecule has 10 nitrogen and oxygen atoms in total. The molecule has 4 aromatic rings. The monoisotopic (exact) mass is 494 g/mol. The van der Waals surface area contributed by atoms with Crippen molar-refractivity contribution in [3.63, 3.8) is 0 Å². The minimum absolute atomic E-state index is 0.458. The molecule has 1 aliphatic rings. The van der Waals surface area contributed by atoms with Crippen molar-refractivity contribution in [3.05, 3.63) is 60.0 Å². The highest BCUT2D eigenvalue weighted by Crippen LogP contribution is 2.32. The number of thioether (sulfide) groups is 1. The molecule has 2 aromatic carbocycles. The predicted octanol–water partition coefficient (Wildman–Crippen LogP) is 3.52. The standard InChI is InChI=1S/C24H26N6O4S/c1-31-18-8-9-19(20(14-18)32-2)22-25-21(34-28-22)16-35-24-27-26-23(29-10-12-33-13-11-29)30(24)15-17-6-4-3-5-7-17/h3-9,14H,10-13,15-16H2,1-2H3. The Kier molecular flexibility index (Phi) is 7.15. The van der Waals surface area contributed by atoms with Crippen molar-refractivity contribution in [1.29, 1.82) is 0 Å². The van der Waals surface area contributed by atoms with Crippen molar-refractivity contribution < 1.29 is 18.7 Å². The van der Waals surface area contributed by atoms with Crippen LogP contribution in [0.25, 0.3) is 11.4 Å². The maximum Gasteiger partial charge on any atom is 0.237 e. The van der Waals surface area contributed by atoms with Crippen LogP contribution >= 0.6 is 11.8 Å². The lowest BCUT2D eigenvalue weighted by atomic mass is 10.2. The summed E-state index contributed by atoms with van der Waals surface area (Å²) in [6.07, 6.45) is 0. The second kappa shape index (κ2) is 10.8. The predicted molar refractivity (Wildman–Crippen MR) is 131 cm³/mol. The van der Waals surface area contributed by atoms with Gasteiger partial charge in [-0.15, -0.1) is 10.2 Å². The zero-order valence-electron chi connectivity index (χ0n) is 19.6. The topological polar surface area (TPSA) is 101 Å². The van der Waals surface area contributed by atoms with Gasteiger partial charge in [0.15, 0.2) is 5.16 Å². The lowest BCUT2D eigenvalue weighted by molar-refractivity contribution is 0.121. The van der Waals surface area contributed by atoms with Gasteiger partial charge in [0.05, 0.1) is 45.3 Å². The van der Waals surface area contributed by atoms with Gasteiger partial charge in [0.2, 0.25) is 17.7 Å². The van der Waals surface area contributed by atoms with Crippen LogP contribution in [-0.4, -0.2) is 65.4 Å². The zero-order valence-corrected chi connectivity index (χ0v) is 20.4. The van der Waals surface area contributed by atoms with Crippen LogP contribution in [0.5, 0.6) is 11.5 Å². The average molecular weight is 495 g/mol. The number of hydrogen-bond acceptors (Lipinski definition) is 10. The number of ether oxygens (including phenoxy) is 3. The van der Waals surface area contributed by atoms with Gasteiger partial charge in [-0.05, 0) is 17.7 Å². The van der Waals surface area contributed by atoms with Crippen molar-refractivity contribution in [2.45, 2.75) is 17.5 Å². The van der Waals surface area contributed by atoms with Crippen LogP contribution in [0.1, 0.15) is 11.5 Å². The van der Waals surface area contributed by atoms with Gasteiger partial charge in [0.25, 0.3) is 0 Å². The molecule has 1 fully saturated rings. The molecule has 0 spiro atoms. The first kappa shape index (κ1) is 23.2. The first-order valence-electron chi connectivity index (χ1n) is 11.2. The van der Waals surface area contributed by atoms with Crippen molar-refractivity contribution in [2.75, 3.05) is 45.4 Å². The van der Waals surface area contributed by atoms with Crippen molar-refractivity contribution in [1.82, 2.24) is 24.9 Å². The summed E-state index contributed by atoms with van der Waals surface area (Å²) < 4.78 is 23.9. The number of methoxy groups -OCH3 is 2. The number of anilines is 1. The van der Waals surface area contributed by atoms with E-state index in [0.717, 1.165) is 29.8 Å². The molecule has 2 aromatic heterocycles. The molecule has 1 aliphatic heterocycles. The van der Waals surface area contributed by atoms with E-state index < -0.39 is 0 Å². The van der Waals surface area contributed by atoms with Crippen LogP contribution < -0.4 is 14.4 Å². The van der Waals surface area contributed by atoms with E-state index in [0.29, 0.717) is 48.7 Å². The summed E-state index contributed by atoms with van der Waals surface area (Å²) >= 11 is 1.51. The average Bonchev–Trinajstić information content (AvgIpc) is 3.55. The van der Waals surface area contributed by atoms with E-state index in [1.165, 1.54) is 17.3 Å². The van der Waals surface area contributed by atoms with Crippen LogP contribution in [0.2, 0.25) is 0 Å². The first-order chi connectivity index (χ1) is 17.2. The number of nitrogens with zero attached hydrogens (tertiary/aromatic N) is 6. The third-order valence-corrected chi connectivity index (χ3v) is 6.57. The van der Waals surface area contributed by atoms with E-state index in [4.69, 9.17) is 18.7 Å². The van der Waals surface area contributed by atoms with E-state index >= 15 is 0 Å². The summed E-state index contributed by atoms with van der Waals surface area (Å²) in [6.45, 7) is 3.60. The highest BCUT2D eigenvalue weighted by Gasteiger charge is 2.22. The summed E-state index contributed by atoms with van der Waals surface area (Å²) in [5.41, 5.74) is 1.91. The van der Waals surface area contributed by atoms with Crippen molar-refractivity contribution in [2.24, 2.45) is 0 Å². The maximum atomic E-state index is 5.53. The number of morpholine rings is 1. The molecule has 0 radical (unpaired) electrons. The van der Waals surface area contributed by atoms with Crippen LogP contribution in [0.4, 0.5) is 5.95 Å². The minimum atomic E-state index is 0.458. The number of aromatic nitrogens is 5. The highest BCUT2D eigenvalue weighted by atomic mass is 32.2. The van der Waals surface area contributed by atoms with Crippen molar-refractivity contribution >= 4 is 17.7 Å². The molecule has 0 saturated carbocycles. The maximum absolute atomic E-state index is 5.53. The van der Waals surface area contributed by atoms with Gasteiger partial charge in [0.1, 0.15) is 11.5 Å². The molecule has 5 rings (SSSR count). The molecule has 0 aliphatic carbocycles. The largest absolute Gasteiger partial charge is 0.497 e. The van der Waals surface area contributed by atoms with Crippen LogP contribution in [-0.2, 0) is 17.0 Å². The highest BCUT2D eigenvalue weighted by molar-refractivity contribution is 7.98. The van der Waals surface area contributed by atoms with Gasteiger partial charge in [-0.2, -0.15) is 4.98 Å². The van der Waals surface area contributed by atoms with Crippen LogP contribution in [0.3, 0.4) is 0 Å². The third kappa shape index (κ3) is 5.25. The molecule has 0 unspecified atom stereocenters. The molecule has 0 atom stereocenters. The van der Waals surface area contributed by atoms with Gasteiger partial charge < -0.3 is 23.6 Å². The summed E-state index contributed by atoms with van der Waals surface area (Å²) in [5, 5.41) is 13.9. The molecule has 0 bridgehead atoms. The van der Waals surface area contributed by atoms with Crippen molar-refractivity contribution in [3.8, 4) is 22.9 Å². The quantitative estimate of drug-likeness (QED) is 0.321. The zero-order chi connectivity index (χ0) is 24.0. The van der Waals surface area contributed by atoms with Gasteiger partial charge in [0, 0.05) is 19.2 Å². The second-order valence-electron chi connectivity index (χ2n) is 7.82. The van der Waals surface area contributed by atoms with Gasteiger partial charge in [-0.1, -0.05) is 47.3 Å². The van der Waals surface area contributed by atoms with E-state index in [9.17, 15) is 0 Å². The Bertz CT molecular complexity index is 1260. The summed E-state index contributed by atoms with van der Waals surface area (Å²) in [6, 6.07) is 15.8. The number of benzene rings is 2. The number of rotatable bonds is 9. The normalized spacial score (nSPS) is 13.7. The van der Waals surface area contributed by atoms with Gasteiger partial charge in [-0.3, -0.25) is 4.57 Å². The smallest absolute Gasteiger partial charge is 0.237 e. The summed E-state index contributed by atoms with van der Waals surface area (Å²) in [5.74, 6) is 3.56. The molecule has 0 amide bonds. The van der Waals surface area contributed by atoms with E-state index in [1.54, 1.807) is 20.3 Å². The Hall–Kier alpha value is -3.57. The summed E-state index contributed by atoms with van der Waals surface area (Å²) in [4.78, 5) is 6.78. The summed E-state index contributed by atoms with van der Waals surface area (Å²) in [7, 11) is 3.21. The van der Waals surface area contributed by atoms with Crippen LogP contribution in [0, 0.1) is 0 Å². The van der Waals surface area contributed by atoms with E-state index in [1.807, 2.05) is 30.3 Å². The molecule has 1 saturated heterocycles. The Labute approximate surface area is 207 Å². The lowest BCUT2D eigenvalue weighted by Gasteiger charge is -2.28. The van der Waals surface area contributed by atoms with Crippen LogP contribution in [0.15, 0.2) is 58.2 Å². The molecular weight excluding hydrogens is 468 g/mol. The fraction of sp³-hybridized carbons (Fsp3) is 0.333. The number of hydrogen-bond donors (Lipinski definition) is 0. The first-order valence-corrected chi connectivity index (χ1v) is 12.2. The van der Waals surface area contributed by atoms with Gasteiger partial charge in [-0.25, -0.2) is 0 Å². The molecule has 3 heterocycles. The lowest BCUT2D eigenvalue weighted by Crippen LogP contribution is -2.38. The Morgan fingerprint density at radius 1 is 1.00 bits per heavy atom. The molecular formula is C24H26N6O4S. The fourth-order valence-corrected chi connectivity index (χ4v) is 4.59. The second-order valence-corrected chi connectivity index (χ2v) is 8.76. The third-order valence-electron chi connectivity index (χ3n) is 5.62. The molecule has 182 valence electrons. The van der Waals surface area contributed by atoms with E-state index in [-0.39, 0.29) is 0 Å². The Balaban J connectivity index is 1.35. The Morgan fingerprint density at radius 3 is 2.60 bits per heavy atom. The molecule has 11 heteroatoms. The Morgan fingerprint density at radius 2 is 1.83 bits per heavy atom. The SMILES string of the molecule is COc1ccc(-c2noc(CSc3nnc(N4CCOCC4)n3Cc3ccccc3)n2)c(OC)c1. The minimum Gasteiger partial charge on any atom is -0.497 e.